The fourth-order valence-corrected chi connectivity index (χ4v) is 2.20. The molecule has 1 N–H and O–H groups in total. The standard InChI is InChI=1S/C10H15F2N3S/c1-15(6-9(11)12)10-14-5-8(16-10)4-13-7-2-3-7/h5,7,9,13H,2-4,6H2,1H3. The van der Waals surface area contributed by atoms with Crippen molar-refractivity contribution in [3.63, 3.8) is 0 Å². The Bertz CT molecular complexity index is 339. The van der Waals surface area contributed by atoms with E-state index in [9.17, 15) is 8.78 Å². The molecule has 0 radical (unpaired) electrons. The van der Waals surface area contributed by atoms with Crippen LogP contribution in [0.25, 0.3) is 0 Å². The summed E-state index contributed by atoms with van der Waals surface area (Å²) >= 11 is 1.47. The van der Waals surface area contributed by atoms with Crippen molar-refractivity contribution in [3.05, 3.63) is 11.1 Å². The highest BCUT2D eigenvalue weighted by Crippen LogP contribution is 2.24. The molecule has 1 aromatic heterocycles. The first kappa shape index (κ1) is 11.7. The molecule has 0 saturated heterocycles. The summed E-state index contributed by atoms with van der Waals surface area (Å²) in [7, 11) is 1.64. The minimum absolute atomic E-state index is 0.261. The molecule has 0 aliphatic heterocycles. The van der Waals surface area contributed by atoms with Crippen LogP contribution in [0.3, 0.4) is 0 Å². The lowest BCUT2D eigenvalue weighted by Gasteiger charge is -2.14. The van der Waals surface area contributed by atoms with E-state index in [0.717, 1.165) is 11.4 Å². The quantitative estimate of drug-likeness (QED) is 0.834. The van der Waals surface area contributed by atoms with E-state index >= 15 is 0 Å². The number of hydrogen-bond donors (Lipinski definition) is 1. The van der Waals surface area contributed by atoms with Crippen LogP contribution in [0, 0.1) is 0 Å². The maximum absolute atomic E-state index is 12.2. The number of thiazole rings is 1. The van der Waals surface area contributed by atoms with Crippen LogP contribution in [-0.2, 0) is 6.54 Å². The third-order valence-electron chi connectivity index (χ3n) is 2.42. The van der Waals surface area contributed by atoms with E-state index in [4.69, 9.17) is 0 Å². The van der Waals surface area contributed by atoms with E-state index in [1.165, 1.54) is 29.1 Å². The van der Waals surface area contributed by atoms with Crippen LogP contribution in [0.2, 0.25) is 0 Å². The second-order valence-electron chi connectivity index (χ2n) is 4.04. The lowest BCUT2D eigenvalue weighted by atomic mass is 10.5. The van der Waals surface area contributed by atoms with Crippen LogP contribution >= 0.6 is 11.3 Å². The Morgan fingerprint density at radius 1 is 1.62 bits per heavy atom. The van der Waals surface area contributed by atoms with Gasteiger partial charge in [0.15, 0.2) is 5.13 Å². The summed E-state index contributed by atoms with van der Waals surface area (Å²) in [6.45, 7) is 0.536. The highest BCUT2D eigenvalue weighted by atomic mass is 32.1. The van der Waals surface area contributed by atoms with Crippen molar-refractivity contribution in [2.75, 3.05) is 18.5 Å². The van der Waals surface area contributed by atoms with Gasteiger partial charge >= 0.3 is 0 Å². The molecule has 0 spiro atoms. The Morgan fingerprint density at radius 2 is 2.38 bits per heavy atom. The molecule has 0 aromatic carbocycles. The predicted octanol–water partition coefficient (Wildman–Crippen LogP) is 2.10. The van der Waals surface area contributed by atoms with Gasteiger partial charge in [0.25, 0.3) is 6.43 Å². The average molecular weight is 247 g/mol. The fourth-order valence-electron chi connectivity index (χ4n) is 1.37. The van der Waals surface area contributed by atoms with Crippen LogP contribution in [0.1, 0.15) is 17.7 Å². The second-order valence-corrected chi connectivity index (χ2v) is 5.13. The van der Waals surface area contributed by atoms with Crippen LogP contribution in [-0.4, -0.2) is 31.0 Å². The van der Waals surface area contributed by atoms with Gasteiger partial charge in [-0.05, 0) is 12.8 Å². The molecule has 0 unspecified atom stereocenters. The van der Waals surface area contributed by atoms with E-state index in [1.54, 1.807) is 13.2 Å². The molecule has 1 aliphatic rings. The summed E-state index contributed by atoms with van der Waals surface area (Å²) in [5, 5.41) is 4.03. The smallest absolute Gasteiger partial charge is 0.255 e. The van der Waals surface area contributed by atoms with Crippen LogP contribution in [0.5, 0.6) is 0 Å². The van der Waals surface area contributed by atoms with Gasteiger partial charge in [-0.2, -0.15) is 0 Å². The van der Waals surface area contributed by atoms with Crippen LogP contribution in [0.4, 0.5) is 13.9 Å². The molecule has 0 amide bonds. The van der Waals surface area contributed by atoms with Gasteiger partial charge in [0.2, 0.25) is 0 Å². The highest BCUT2D eigenvalue weighted by Gasteiger charge is 2.20. The third kappa shape index (κ3) is 3.38. The summed E-state index contributed by atoms with van der Waals surface area (Å²) in [5.41, 5.74) is 0. The zero-order valence-electron chi connectivity index (χ0n) is 9.12. The van der Waals surface area contributed by atoms with E-state index in [2.05, 4.69) is 10.3 Å². The molecule has 16 heavy (non-hydrogen) atoms. The average Bonchev–Trinajstić information content (AvgIpc) is 2.92. The predicted molar refractivity (Wildman–Crippen MR) is 61.2 cm³/mol. The van der Waals surface area contributed by atoms with Gasteiger partial charge in [-0.25, -0.2) is 13.8 Å². The maximum Gasteiger partial charge on any atom is 0.255 e. The summed E-state index contributed by atoms with van der Waals surface area (Å²) in [6.07, 6.45) is 1.94. The summed E-state index contributed by atoms with van der Waals surface area (Å²) < 4.78 is 24.3. The summed E-state index contributed by atoms with van der Waals surface area (Å²) in [4.78, 5) is 6.73. The van der Waals surface area contributed by atoms with Crippen molar-refractivity contribution in [1.82, 2.24) is 10.3 Å². The topological polar surface area (TPSA) is 28.2 Å². The number of nitrogens with zero attached hydrogens (tertiary/aromatic N) is 2. The van der Waals surface area contributed by atoms with Gasteiger partial charge in [-0.15, -0.1) is 11.3 Å². The molecule has 1 aliphatic carbocycles. The molecule has 3 nitrogen and oxygen atoms in total. The summed E-state index contributed by atoms with van der Waals surface area (Å²) in [6, 6.07) is 0.657. The van der Waals surface area contributed by atoms with Crippen molar-refractivity contribution >= 4 is 16.5 Å². The molecule has 1 saturated carbocycles. The molecule has 2 rings (SSSR count). The minimum atomic E-state index is -2.32. The van der Waals surface area contributed by atoms with Crippen LogP contribution < -0.4 is 10.2 Å². The van der Waals surface area contributed by atoms with E-state index in [1.807, 2.05) is 0 Å². The SMILES string of the molecule is CN(CC(F)F)c1ncc(CNC2CC2)s1. The van der Waals surface area contributed by atoms with Gasteiger partial charge in [0, 0.05) is 30.7 Å². The molecule has 0 atom stereocenters. The first-order valence-electron chi connectivity index (χ1n) is 5.32. The summed E-state index contributed by atoms with van der Waals surface area (Å²) in [5.74, 6) is 0. The van der Waals surface area contributed by atoms with Gasteiger partial charge in [-0.3, -0.25) is 0 Å². The zero-order chi connectivity index (χ0) is 11.5. The molecule has 90 valence electrons. The Kier molecular flexibility index (Phi) is 3.70. The minimum Gasteiger partial charge on any atom is -0.345 e. The Labute approximate surface area is 97.5 Å². The monoisotopic (exact) mass is 247 g/mol. The van der Waals surface area contributed by atoms with E-state index in [0.29, 0.717) is 11.2 Å². The van der Waals surface area contributed by atoms with Crippen molar-refractivity contribution in [2.24, 2.45) is 0 Å². The molecule has 0 bridgehead atoms. The normalized spacial score (nSPS) is 15.8. The third-order valence-corrected chi connectivity index (χ3v) is 3.53. The lowest BCUT2D eigenvalue weighted by molar-refractivity contribution is 0.156. The van der Waals surface area contributed by atoms with Crippen molar-refractivity contribution < 1.29 is 8.78 Å². The van der Waals surface area contributed by atoms with Gasteiger partial charge < -0.3 is 10.2 Å². The lowest BCUT2D eigenvalue weighted by Crippen LogP contribution is -2.23. The zero-order valence-corrected chi connectivity index (χ0v) is 9.94. The Balaban J connectivity index is 1.84. The van der Waals surface area contributed by atoms with Gasteiger partial charge in [0.05, 0.1) is 6.54 Å². The Hall–Kier alpha value is -0.750. The molecule has 1 aromatic rings. The number of nitrogens with one attached hydrogen (secondary N) is 1. The van der Waals surface area contributed by atoms with Gasteiger partial charge in [0.1, 0.15) is 0 Å². The maximum atomic E-state index is 12.2. The number of hydrogen-bond acceptors (Lipinski definition) is 4. The first-order valence-corrected chi connectivity index (χ1v) is 6.14. The molecule has 1 heterocycles. The van der Waals surface area contributed by atoms with E-state index in [-0.39, 0.29) is 6.54 Å². The first-order chi connectivity index (χ1) is 7.65. The number of halogens is 2. The fraction of sp³-hybridized carbons (Fsp3) is 0.700. The molecule has 1 fully saturated rings. The molecular formula is C10H15F2N3S. The number of anilines is 1. The Morgan fingerprint density at radius 3 is 3.00 bits per heavy atom. The number of aromatic nitrogens is 1. The number of rotatable bonds is 6. The van der Waals surface area contributed by atoms with Gasteiger partial charge in [-0.1, -0.05) is 0 Å². The highest BCUT2D eigenvalue weighted by molar-refractivity contribution is 7.15. The van der Waals surface area contributed by atoms with Crippen LogP contribution in [0.15, 0.2) is 6.20 Å². The van der Waals surface area contributed by atoms with Crippen molar-refractivity contribution in [3.8, 4) is 0 Å². The molecule has 6 heteroatoms. The molecular weight excluding hydrogens is 232 g/mol. The van der Waals surface area contributed by atoms with Crippen molar-refractivity contribution in [1.29, 1.82) is 0 Å². The number of alkyl halides is 2. The van der Waals surface area contributed by atoms with Crippen molar-refractivity contribution in [2.45, 2.75) is 31.9 Å². The van der Waals surface area contributed by atoms with E-state index < -0.39 is 6.43 Å². The largest absolute Gasteiger partial charge is 0.345 e. The second kappa shape index (κ2) is 5.05.